The van der Waals surface area contributed by atoms with E-state index in [0.717, 1.165) is 11.4 Å². The van der Waals surface area contributed by atoms with Gasteiger partial charge in [-0.2, -0.15) is 0 Å². The second-order valence-electron chi connectivity index (χ2n) is 3.33. The maximum absolute atomic E-state index is 5.53. The number of rotatable bonds is 3. The average Bonchev–Trinajstić information content (AvgIpc) is 2.28. The molecule has 0 aliphatic rings. The first-order chi connectivity index (χ1) is 7.74. The lowest BCUT2D eigenvalue weighted by molar-refractivity contribution is 0.973. The van der Waals surface area contributed by atoms with Crippen LogP contribution in [-0.4, -0.2) is 19.9 Å². The molecule has 2 rings (SSSR count). The van der Waals surface area contributed by atoms with E-state index in [-0.39, 0.29) is 0 Å². The molecule has 0 amide bonds. The molecule has 3 N–H and O–H groups in total. The number of aryl methyl sites for hydroxylation is 1. The molecule has 6 nitrogen and oxygen atoms in total. The van der Waals surface area contributed by atoms with Crippen LogP contribution in [-0.2, 0) is 6.54 Å². The second-order valence-corrected chi connectivity index (χ2v) is 3.33. The maximum atomic E-state index is 5.53. The van der Waals surface area contributed by atoms with E-state index < -0.39 is 0 Å². The van der Waals surface area contributed by atoms with Crippen molar-refractivity contribution in [2.24, 2.45) is 0 Å². The van der Waals surface area contributed by atoms with Gasteiger partial charge in [-0.05, 0) is 6.92 Å². The third kappa shape index (κ3) is 2.63. The number of aromatic nitrogens is 4. The molecule has 0 aliphatic heterocycles. The van der Waals surface area contributed by atoms with Crippen LogP contribution in [0.1, 0.15) is 11.4 Å². The van der Waals surface area contributed by atoms with Crippen molar-refractivity contribution in [2.75, 3.05) is 11.1 Å². The number of nitrogen functional groups attached to an aromatic ring is 1. The van der Waals surface area contributed by atoms with Gasteiger partial charge in [0.25, 0.3) is 0 Å². The van der Waals surface area contributed by atoms with Crippen LogP contribution in [0, 0.1) is 6.92 Å². The second kappa shape index (κ2) is 4.52. The van der Waals surface area contributed by atoms with Gasteiger partial charge in [-0.3, -0.25) is 9.97 Å². The quantitative estimate of drug-likeness (QED) is 0.787. The van der Waals surface area contributed by atoms with E-state index >= 15 is 0 Å². The summed E-state index contributed by atoms with van der Waals surface area (Å²) in [6.45, 7) is 2.46. The van der Waals surface area contributed by atoms with E-state index in [0.29, 0.717) is 18.2 Å². The van der Waals surface area contributed by atoms with Crippen LogP contribution in [0.4, 0.5) is 11.6 Å². The lowest BCUT2D eigenvalue weighted by Gasteiger charge is -2.04. The highest BCUT2D eigenvalue weighted by molar-refractivity contribution is 5.43. The van der Waals surface area contributed by atoms with Gasteiger partial charge in [-0.15, -0.1) is 0 Å². The third-order valence-corrected chi connectivity index (χ3v) is 1.97. The molecule has 82 valence electrons. The molecule has 0 atom stereocenters. The topological polar surface area (TPSA) is 89.6 Å². The molecule has 16 heavy (non-hydrogen) atoms. The van der Waals surface area contributed by atoms with Gasteiger partial charge in [0.05, 0.1) is 24.1 Å². The molecule has 0 aromatic carbocycles. The Hall–Kier alpha value is -2.24. The lowest BCUT2D eigenvalue weighted by Crippen LogP contribution is -2.05. The summed E-state index contributed by atoms with van der Waals surface area (Å²) >= 11 is 0. The van der Waals surface area contributed by atoms with Crippen molar-refractivity contribution in [3.8, 4) is 0 Å². The van der Waals surface area contributed by atoms with Gasteiger partial charge < -0.3 is 11.1 Å². The van der Waals surface area contributed by atoms with Gasteiger partial charge in [-0.25, -0.2) is 9.97 Å². The van der Waals surface area contributed by atoms with E-state index in [2.05, 4.69) is 25.3 Å². The molecule has 0 aliphatic carbocycles. The van der Waals surface area contributed by atoms with Crippen molar-refractivity contribution in [1.29, 1.82) is 0 Å². The Labute approximate surface area is 93.0 Å². The van der Waals surface area contributed by atoms with Crippen molar-refractivity contribution < 1.29 is 0 Å². The summed E-state index contributed by atoms with van der Waals surface area (Å²) in [5, 5.41) is 3.09. The molecule has 2 heterocycles. The summed E-state index contributed by atoms with van der Waals surface area (Å²) < 4.78 is 0. The largest absolute Gasteiger partial charge is 0.384 e. The summed E-state index contributed by atoms with van der Waals surface area (Å²) in [7, 11) is 0. The Morgan fingerprint density at radius 1 is 1.19 bits per heavy atom. The Balaban J connectivity index is 1.99. The monoisotopic (exact) mass is 216 g/mol. The molecular formula is C10H12N6. The standard InChI is InChI=1S/C10H12N6/c1-7-3-13-8(4-12-7)5-14-10-2-9(11)15-6-16-10/h2-4,6H,5H2,1H3,(H3,11,14,15,16). The van der Waals surface area contributed by atoms with Crippen LogP contribution in [0.2, 0.25) is 0 Å². The van der Waals surface area contributed by atoms with Crippen LogP contribution in [0.5, 0.6) is 0 Å². The first-order valence-electron chi connectivity index (χ1n) is 4.83. The van der Waals surface area contributed by atoms with E-state index in [1.165, 1.54) is 6.33 Å². The average molecular weight is 216 g/mol. The zero-order chi connectivity index (χ0) is 11.4. The van der Waals surface area contributed by atoms with Crippen LogP contribution in [0.3, 0.4) is 0 Å². The fraction of sp³-hybridized carbons (Fsp3) is 0.200. The number of nitrogens with one attached hydrogen (secondary N) is 1. The van der Waals surface area contributed by atoms with Crippen molar-refractivity contribution in [3.05, 3.63) is 36.2 Å². The molecule has 2 aromatic rings. The number of hydrogen-bond donors (Lipinski definition) is 2. The highest BCUT2D eigenvalue weighted by Crippen LogP contribution is 2.06. The summed E-state index contributed by atoms with van der Waals surface area (Å²) in [4.78, 5) is 16.2. The Morgan fingerprint density at radius 2 is 2.06 bits per heavy atom. The fourth-order valence-electron chi connectivity index (χ4n) is 1.16. The van der Waals surface area contributed by atoms with E-state index in [1.807, 2.05) is 6.92 Å². The first kappa shape index (κ1) is 10.3. The predicted octanol–water partition coefficient (Wildman–Crippen LogP) is 0.769. The molecule has 0 spiro atoms. The molecule has 6 heteroatoms. The van der Waals surface area contributed by atoms with E-state index in [9.17, 15) is 0 Å². The molecule has 0 unspecified atom stereocenters. The van der Waals surface area contributed by atoms with Crippen LogP contribution in [0.15, 0.2) is 24.8 Å². The predicted molar refractivity (Wildman–Crippen MR) is 60.5 cm³/mol. The minimum absolute atomic E-state index is 0.437. The number of nitrogens with two attached hydrogens (primary N) is 1. The zero-order valence-corrected chi connectivity index (χ0v) is 8.88. The molecular weight excluding hydrogens is 204 g/mol. The third-order valence-electron chi connectivity index (χ3n) is 1.97. The van der Waals surface area contributed by atoms with Crippen molar-refractivity contribution in [2.45, 2.75) is 13.5 Å². The number of hydrogen-bond acceptors (Lipinski definition) is 6. The molecule has 0 saturated carbocycles. The van der Waals surface area contributed by atoms with Gasteiger partial charge in [0.15, 0.2) is 0 Å². The van der Waals surface area contributed by atoms with Crippen LogP contribution < -0.4 is 11.1 Å². The number of anilines is 2. The zero-order valence-electron chi connectivity index (χ0n) is 8.88. The summed E-state index contributed by atoms with van der Waals surface area (Å²) in [5.41, 5.74) is 7.28. The Morgan fingerprint density at radius 3 is 2.75 bits per heavy atom. The highest BCUT2D eigenvalue weighted by atomic mass is 15.0. The van der Waals surface area contributed by atoms with Crippen molar-refractivity contribution in [1.82, 2.24) is 19.9 Å². The molecule has 0 radical (unpaired) electrons. The smallest absolute Gasteiger partial charge is 0.131 e. The Kier molecular flexibility index (Phi) is 2.90. The summed E-state index contributed by atoms with van der Waals surface area (Å²) in [5.74, 6) is 1.11. The molecule has 0 fully saturated rings. The molecule has 2 aromatic heterocycles. The van der Waals surface area contributed by atoms with E-state index in [4.69, 9.17) is 5.73 Å². The minimum atomic E-state index is 0.437. The SMILES string of the molecule is Cc1cnc(CNc2cc(N)ncn2)cn1. The van der Waals surface area contributed by atoms with Gasteiger partial charge >= 0.3 is 0 Å². The molecule has 0 saturated heterocycles. The molecule has 0 bridgehead atoms. The summed E-state index contributed by atoms with van der Waals surface area (Å²) in [6, 6.07) is 1.67. The number of nitrogens with zero attached hydrogens (tertiary/aromatic N) is 4. The van der Waals surface area contributed by atoms with Gasteiger partial charge in [0.2, 0.25) is 0 Å². The summed E-state index contributed by atoms with van der Waals surface area (Å²) in [6.07, 6.45) is 4.87. The fourth-order valence-corrected chi connectivity index (χ4v) is 1.16. The van der Waals surface area contributed by atoms with Crippen LogP contribution >= 0.6 is 0 Å². The minimum Gasteiger partial charge on any atom is -0.384 e. The van der Waals surface area contributed by atoms with Crippen LogP contribution in [0.25, 0.3) is 0 Å². The Bertz CT molecular complexity index is 467. The normalized spacial score (nSPS) is 10.1. The maximum Gasteiger partial charge on any atom is 0.131 e. The van der Waals surface area contributed by atoms with Gasteiger partial charge in [0, 0.05) is 12.3 Å². The van der Waals surface area contributed by atoms with Crippen molar-refractivity contribution >= 4 is 11.6 Å². The highest BCUT2D eigenvalue weighted by Gasteiger charge is 1.97. The lowest BCUT2D eigenvalue weighted by atomic mass is 10.4. The van der Waals surface area contributed by atoms with Gasteiger partial charge in [0.1, 0.15) is 18.0 Å². The van der Waals surface area contributed by atoms with E-state index in [1.54, 1.807) is 18.5 Å². The van der Waals surface area contributed by atoms with Gasteiger partial charge in [-0.1, -0.05) is 0 Å². The first-order valence-corrected chi connectivity index (χ1v) is 4.83. The van der Waals surface area contributed by atoms with Crippen molar-refractivity contribution in [3.63, 3.8) is 0 Å².